The molecule has 1 fully saturated rings. The highest BCUT2D eigenvalue weighted by molar-refractivity contribution is 9.10. The molecule has 0 radical (unpaired) electrons. The van der Waals surface area contributed by atoms with Gasteiger partial charge in [0.1, 0.15) is 6.04 Å². The second kappa shape index (κ2) is 7.12. The van der Waals surface area contributed by atoms with E-state index in [0.717, 1.165) is 33.2 Å². The third-order valence-electron chi connectivity index (χ3n) is 4.67. The quantitative estimate of drug-likeness (QED) is 0.712. The first-order valence-corrected chi connectivity index (χ1v) is 10.1. The normalized spacial score (nSPS) is 24.4. The predicted octanol–water partition coefficient (Wildman–Crippen LogP) is 4.45. The van der Waals surface area contributed by atoms with E-state index < -0.39 is 0 Å². The number of ether oxygens (including phenoxy) is 2. The van der Waals surface area contributed by atoms with E-state index in [1.807, 2.05) is 42.2 Å². The van der Waals surface area contributed by atoms with Crippen LogP contribution in [0.1, 0.15) is 30.3 Å². The second-order valence-corrected chi connectivity index (χ2v) is 8.69. The molecule has 3 atom stereocenters. The lowest BCUT2D eigenvalue weighted by atomic mass is 9.95. The van der Waals surface area contributed by atoms with Crippen LogP contribution >= 0.6 is 27.7 Å². The molecule has 1 saturated heterocycles. The summed E-state index contributed by atoms with van der Waals surface area (Å²) in [7, 11) is 3.35. The number of methoxy groups -OCH3 is 2. The fraction of sp³-hybridized carbons (Fsp3) is 0.368. The summed E-state index contributed by atoms with van der Waals surface area (Å²) in [6.07, 6.45) is 1.82. The molecule has 0 amide bonds. The van der Waals surface area contributed by atoms with E-state index in [4.69, 9.17) is 14.5 Å². The molecule has 3 heterocycles. The van der Waals surface area contributed by atoms with Crippen LogP contribution in [0.4, 0.5) is 0 Å². The van der Waals surface area contributed by atoms with Crippen LogP contribution in [0.5, 0.6) is 11.5 Å². The van der Waals surface area contributed by atoms with Gasteiger partial charge in [0.2, 0.25) is 0 Å². The average molecular weight is 434 g/mol. The van der Waals surface area contributed by atoms with Gasteiger partial charge in [0.25, 0.3) is 0 Å². The molecule has 1 aromatic heterocycles. The van der Waals surface area contributed by atoms with Crippen LogP contribution < -0.4 is 9.47 Å². The van der Waals surface area contributed by atoms with E-state index in [-0.39, 0.29) is 12.1 Å². The Labute approximate surface area is 165 Å². The van der Waals surface area contributed by atoms with Crippen LogP contribution in [0.3, 0.4) is 0 Å². The Morgan fingerprint density at radius 2 is 2.08 bits per heavy atom. The van der Waals surface area contributed by atoms with Crippen molar-refractivity contribution in [2.75, 3.05) is 20.8 Å². The molecule has 1 aromatic carbocycles. The van der Waals surface area contributed by atoms with E-state index >= 15 is 0 Å². The van der Waals surface area contributed by atoms with Crippen molar-refractivity contribution in [3.8, 4) is 11.5 Å². The molecule has 0 N–H and O–H groups in total. The number of thioether (sulfide) groups is 1. The first kappa shape index (κ1) is 17.7. The van der Waals surface area contributed by atoms with Gasteiger partial charge >= 0.3 is 0 Å². The summed E-state index contributed by atoms with van der Waals surface area (Å²) in [5, 5.41) is 1.60. The molecule has 5 nitrogen and oxygen atoms in total. The van der Waals surface area contributed by atoms with Gasteiger partial charge in [-0.1, -0.05) is 40.7 Å². The number of aromatic nitrogens is 1. The Bertz CT molecular complexity index is 846. The van der Waals surface area contributed by atoms with Gasteiger partial charge in [0, 0.05) is 28.0 Å². The minimum atomic E-state index is -0.0703. The van der Waals surface area contributed by atoms with E-state index in [2.05, 4.69) is 38.8 Å². The number of aliphatic imine (C=N–C) groups is 1. The van der Waals surface area contributed by atoms with Gasteiger partial charge in [-0.15, -0.1) is 0 Å². The van der Waals surface area contributed by atoms with Gasteiger partial charge in [-0.3, -0.25) is 9.98 Å². The van der Waals surface area contributed by atoms with E-state index in [9.17, 15) is 0 Å². The van der Waals surface area contributed by atoms with E-state index in [0.29, 0.717) is 11.0 Å². The number of amidine groups is 1. The van der Waals surface area contributed by atoms with Gasteiger partial charge in [-0.05, 0) is 24.3 Å². The lowest BCUT2D eigenvalue weighted by Gasteiger charge is -2.29. The smallest absolute Gasteiger partial charge is 0.166 e. The van der Waals surface area contributed by atoms with E-state index in [1.165, 1.54) is 0 Å². The number of pyridine rings is 1. The van der Waals surface area contributed by atoms with Gasteiger partial charge in [-0.25, -0.2) is 0 Å². The van der Waals surface area contributed by atoms with Crippen molar-refractivity contribution in [2.24, 2.45) is 4.99 Å². The number of rotatable bonds is 4. The van der Waals surface area contributed by atoms with Gasteiger partial charge in [-0.2, -0.15) is 0 Å². The predicted molar refractivity (Wildman–Crippen MR) is 108 cm³/mol. The molecule has 0 aliphatic carbocycles. The van der Waals surface area contributed by atoms with Crippen LogP contribution in [-0.4, -0.2) is 41.1 Å². The third kappa shape index (κ3) is 2.97. The first-order chi connectivity index (χ1) is 12.6. The van der Waals surface area contributed by atoms with Crippen molar-refractivity contribution in [1.29, 1.82) is 0 Å². The molecule has 136 valence electrons. The van der Waals surface area contributed by atoms with Crippen LogP contribution in [0.2, 0.25) is 0 Å². The summed E-state index contributed by atoms with van der Waals surface area (Å²) in [5.41, 5.74) is 2.02. The molecule has 26 heavy (non-hydrogen) atoms. The number of benzene rings is 1. The van der Waals surface area contributed by atoms with Crippen LogP contribution in [-0.2, 0) is 0 Å². The zero-order valence-corrected chi connectivity index (χ0v) is 17.3. The second-order valence-electron chi connectivity index (χ2n) is 6.37. The average Bonchev–Trinajstić information content (AvgIpc) is 3.17. The fourth-order valence-electron chi connectivity index (χ4n) is 3.63. The summed E-state index contributed by atoms with van der Waals surface area (Å²) in [6.45, 7) is 3.19. The molecule has 0 unspecified atom stereocenters. The van der Waals surface area contributed by atoms with Gasteiger partial charge in [0.15, 0.2) is 16.7 Å². The molecule has 0 spiro atoms. The summed E-state index contributed by atoms with van der Waals surface area (Å²) < 4.78 is 12.3. The summed E-state index contributed by atoms with van der Waals surface area (Å²) in [6, 6.07) is 9.97. The van der Waals surface area contributed by atoms with Gasteiger partial charge in [0.05, 0.1) is 26.0 Å². The summed E-state index contributed by atoms with van der Waals surface area (Å²) in [4.78, 5) is 12.0. The summed E-state index contributed by atoms with van der Waals surface area (Å²) in [5.74, 6) is 1.47. The zero-order chi connectivity index (χ0) is 18.3. The Kier molecular flexibility index (Phi) is 4.84. The van der Waals surface area contributed by atoms with Crippen molar-refractivity contribution in [1.82, 2.24) is 9.88 Å². The van der Waals surface area contributed by atoms with Crippen molar-refractivity contribution < 1.29 is 9.47 Å². The minimum absolute atomic E-state index is 0.0266. The van der Waals surface area contributed by atoms with Crippen LogP contribution in [0, 0.1) is 0 Å². The Balaban J connectivity index is 1.86. The number of fused-ring (bicyclic) bond motifs is 1. The number of hydrogen-bond donors (Lipinski definition) is 0. The zero-order valence-electron chi connectivity index (χ0n) is 14.8. The molecule has 7 heteroatoms. The Hall–Kier alpha value is -1.73. The van der Waals surface area contributed by atoms with Crippen molar-refractivity contribution in [2.45, 2.75) is 24.3 Å². The molecular formula is C19H20BrN3O2S. The Morgan fingerprint density at radius 3 is 2.77 bits per heavy atom. The highest BCUT2D eigenvalue weighted by Crippen LogP contribution is 2.51. The number of halogens is 1. The van der Waals surface area contributed by atoms with Crippen molar-refractivity contribution in [3.05, 3.63) is 52.3 Å². The van der Waals surface area contributed by atoms with Crippen LogP contribution in [0.25, 0.3) is 0 Å². The van der Waals surface area contributed by atoms with E-state index in [1.54, 1.807) is 14.2 Å². The minimum Gasteiger partial charge on any atom is -0.493 e. The lowest BCUT2D eigenvalue weighted by Crippen LogP contribution is -2.29. The molecular weight excluding hydrogens is 414 g/mol. The lowest BCUT2D eigenvalue weighted by molar-refractivity contribution is 0.298. The maximum Gasteiger partial charge on any atom is 0.166 e. The first-order valence-electron chi connectivity index (χ1n) is 8.45. The number of nitrogens with zero attached hydrogens (tertiary/aromatic N) is 3. The maximum atomic E-state index is 5.74. The highest BCUT2D eigenvalue weighted by atomic mass is 79.9. The molecule has 0 saturated carbocycles. The molecule has 0 bridgehead atoms. The molecule has 2 aliphatic rings. The molecule has 4 rings (SSSR count). The maximum absolute atomic E-state index is 5.74. The highest BCUT2D eigenvalue weighted by Gasteiger charge is 2.45. The Morgan fingerprint density at radius 1 is 1.23 bits per heavy atom. The molecule has 2 aliphatic heterocycles. The standard InChI is InChI=1S/C19H20BrN3O2S/c1-11-10-23-17(13-8-12(20)9-15(24-2)18(13)25-3)16(22-19(23)26-11)14-6-4-5-7-21-14/h4-9,11,16-17H,10H2,1-3H3/t11-,16-,17-/m0/s1. The van der Waals surface area contributed by atoms with Crippen molar-refractivity contribution in [3.63, 3.8) is 0 Å². The number of hydrogen-bond acceptors (Lipinski definition) is 6. The third-order valence-corrected chi connectivity index (χ3v) is 6.23. The largest absolute Gasteiger partial charge is 0.493 e. The monoisotopic (exact) mass is 433 g/mol. The van der Waals surface area contributed by atoms with Gasteiger partial charge < -0.3 is 14.4 Å². The molecule has 2 aromatic rings. The fourth-order valence-corrected chi connectivity index (χ4v) is 5.18. The topological polar surface area (TPSA) is 47.0 Å². The summed E-state index contributed by atoms with van der Waals surface area (Å²) >= 11 is 5.44. The van der Waals surface area contributed by atoms with Crippen molar-refractivity contribution >= 4 is 32.9 Å². The van der Waals surface area contributed by atoms with Crippen LogP contribution in [0.15, 0.2) is 46.0 Å². The SMILES string of the molecule is COc1cc(Br)cc([C@H]2[C@H](c3ccccn3)N=C3S[C@@H](C)CN32)c1OC.